The molecular formula is C16H19N3O3. The Labute approximate surface area is 128 Å². The van der Waals surface area contributed by atoms with Gasteiger partial charge in [0.25, 0.3) is 5.56 Å². The Morgan fingerprint density at radius 1 is 1.27 bits per heavy atom. The molecule has 1 N–H and O–H groups in total. The van der Waals surface area contributed by atoms with E-state index in [-0.39, 0.29) is 18.0 Å². The van der Waals surface area contributed by atoms with E-state index in [1.165, 1.54) is 17.0 Å². The zero-order chi connectivity index (χ0) is 15.9. The summed E-state index contributed by atoms with van der Waals surface area (Å²) in [5, 5.41) is 2.70. The zero-order valence-corrected chi connectivity index (χ0v) is 12.7. The molecule has 0 radical (unpaired) electrons. The van der Waals surface area contributed by atoms with Crippen molar-refractivity contribution in [1.82, 2.24) is 14.9 Å². The third-order valence-electron chi connectivity index (χ3n) is 3.04. The number of hydrogen-bond acceptors (Lipinski definition) is 4. The number of aromatic nitrogens is 2. The van der Waals surface area contributed by atoms with Gasteiger partial charge in [0.2, 0.25) is 5.91 Å². The van der Waals surface area contributed by atoms with Crippen LogP contribution in [0.2, 0.25) is 0 Å². The molecule has 1 heterocycles. The molecule has 0 aliphatic heterocycles. The molecule has 0 unspecified atom stereocenters. The molecule has 1 aromatic heterocycles. The van der Waals surface area contributed by atoms with Gasteiger partial charge in [-0.1, -0.05) is 17.7 Å². The molecule has 116 valence electrons. The first-order chi connectivity index (χ1) is 10.5. The molecule has 6 nitrogen and oxygen atoms in total. The molecule has 22 heavy (non-hydrogen) atoms. The molecule has 1 aromatic carbocycles. The van der Waals surface area contributed by atoms with E-state index in [0.29, 0.717) is 18.8 Å². The summed E-state index contributed by atoms with van der Waals surface area (Å²) in [7, 11) is 0. The van der Waals surface area contributed by atoms with Crippen LogP contribution in [0, 0.1) is 13.8 Å². The largest absolute Gasteiger partial charge is 0.492 e. The summed E-state index contributed by atoms with van der Waals surface area (Å²) < 4.78 is 6.77. The van der Waals surface area contributed by atoms with Crippen molar-refractivity contribution in [1.29, 1.82) is 0 Å². The van der Waals surface area contributed by atoms with Gasteiger partial charge in [-0.15, -0.1) is 0 Å². The molecule has 2 aromatic rings. The van der Waals surface area contributed by atoms with E-state index < -0.39 is 0 Å². The van der Waals surface area contributed by atoms with Crippen molar-refractivity contribution in [3.8, 4) is 5.75 Å². The number of hydrogen-bond donors (Lipinski definition) is 1. The highest BCUT2D eigenvalue weighted by Crippen LogP contribution is 2.10. The molecule has 2 rings (SSSR count). The number of rotatable bonds is 6. The smallest absolute Gasteiger partial charge is 0.253 e. The van der Waals surface area contributed by atoms with Crippen molar-refractivity contribution in [3.05, 3.63) is 58.3 Å². The summed E-state index contributed by atoms with van der Waals surface area (Å²) in [4.78, 5) is 27.4. The molecule has 6 heteroatoms. The fourth-order valence-electron chi connectivity index (χ4n) is 1.84. The number of amides is 1. The van der Waals surface area contributed by atoms with Gasteiger partial charge < -0.3 is 10.1 Å². The van der Waals surface area contributed by atoms with Crippen molar-refractivity contribution in [2.75, 3.05) is 13.2 Å². The van der Waals surface area contributed by atoms with Crippen LogP contribution in [0.15, 0.2) is 41.5 Å². The van der Waals surface area contributed by atoms with Gasteiger partial charge >= 0.3 is 0 Å². The lowest BCUT2D eigenvalue weighted by atomic mass is 10.2. The Balaban J connectivity index is 1.73. The van der Waals surface area contributed by atoms with Crippen molar-refractivity contribution >= 4 is 5.91 Å². The number of aryl methyl sites for hydroxylation is 2. The molecule has 0 bridgehead atoms. The van der Waals surface area contributed by atoms with Crippen LogP contribution in [-0.4, -0.2) is 28.6 Å². The molecule has 0 aliphatic rings. The van der Waals surface area contributed by atoms with Crippen LogP contribution in [0.5, 0.6) is 5.75 Å². The van der Waals surface area contributed by atoms with Crippen molar-refractivity contribution in [2.24, 2.45) is 0 Å². The predicted molar refractivity (Wildman–Crippen MR) is 82.9 cm³/mol. The van der Waals surface area contributed by atoms with Gasteiger partial charge in [0.05, 0.1) is 12.9 Å². The van der Waals surface area contributed by atoms with E-state index in [9.17, 15) is 9.59 Å². The first-order valence-electron chi connectivity index (χ1n) is 7.04. The summed E-state index contributed by atoms with van der Waals surface area (Å²) in [5.41, 5.74) is 1.56. The van der Waals surface area contributed by atoms with E-state index >= 15 is 0 Å². The lowest BCUT2D eigenvalue weighted by Crippen LogP contribution is -2.34. The van der Waals surface area contributed by atoms with E-state index in [0.717, 1.165) is 11.3 Å². The summed E-state index contributed by atoms with van der Waals surface area (Å²) in [6, 6.07) is 9.09. The second-order valence-corrected chi connectivity index (χ2v) is 5.01. The number of carbonyl (C=O) groups is 1. The highest BCUT2D eigenvalue weighted by molar-refractivity contribution is 5.75. The first-order valence-corrected chi connectivity index (χ1v) is 7.04. The highest BCUT2D eigenvalue weighted by Gasteiger charge is 2.04. The Bertz CT molecular complexity index is 693. The number of ether oxygens (including phenoxy) is 1. The van der Waals surface area contributed by atoms with E-state index in [1.807, 2.05) is 31.2 Å². The SMILES string of the molecule is Cc1ccc(OCCNC(=O)Cn2cnc(C)cc2=O)cc1. The molecule has 1 amide bonds. The third kappa shape index (κ3) is 4.73. The van der Waals surface area contributed by atoms with Gasteiger partial charge in [0, 0.05) is 11.8 Å². The Morgan fingerprint density at radius 2 is 2.00 bits per heavy atom. The molecule has 0 saturated heterocycles. The summed E-state index contributed by atoms with van der Waals surface area (Å²) in [6.07, 6.45) is 1.38. The fraction of sp³-hybridized carbons (Fsp3) is 0.312. The second-order valence-electron chi connectivity index (χ2n) is 5.01. The van der Waals surface area contributed by atoms with Gasteiger partial charge in [0.15, 0.2) is 0 Å². The molecular weight excluding hydrogens is 282 g/mol. The minimum atomic E-state index is -0.250. The molecule has 0 fully saturated rings. The van der Waals surface area contributed by atoms with Crippen LogP contribution >= 0.6 is 0 Å². The van der Waals surface area contributed by atoms with E-state index in [2.05, 4.69) is 10.3 Å². The summed E-state index contributed by atoms with van der Waals surface area (Å²) >= 11 is 0. The Morgan fingerprint density at radius 3 is 2.68 bits per heavy atom. The predicted octanol–water partition coefficient (Wildman–Crippen LogP) is 1.06. The van der Waals surface area contributed by atoms with Crippen molar-refractivity contribution < 1.29 is 9.53 Å². The van der Waals surface area contributed by atoms with E-state index in [4.69, 9.17) is 4.74 Å². The van der Waals surface area contributed by atoms with Crippen LogP contribution in [0.1, 0.15) is 11.3 Å². The molecule has 0 spiro atoms. The molecule has 0 saturated carbocycles. The lowest BCUT2D eigenvalue weighted by Gasteiger charge is -2.09. The fourth-order valence-corrected chi connectivity index (χ4v) is 1.84. The number of nitrogens with zero attached hydrogens (tertiary/aromatic N) is 2. The van der Waals surface area contributed by atoms with Crippen molar-refractivity contribution in [3.63, 3.8) is 0 Å². The Hall–Kier alpha value is -2.63. The van der Waals surface area contributed by atoms with Gasteiger partial charge in [-0.3, -0.25) is 14.2 Å². The van der Waals surface area contributed by atoms with Crippen LogP contribution in [-0.2, 0) is 11.3 Å². The third-order valence-corrected chi connectivity index (χ3v) is 3.04. The molecule has 0 atom stereocenters. The van der Waals surface area contributed by atoms with Crippen LogP contribution in [0.25, 0.3) is 0 Å². The normalized spacial score (nSPS) is 10.3. The Kier molecular flexibility index (Phi) is 5.30. The second kappa shape index (κ2) is 7.40. The maximum Gasteiger partial charge on any atom is 0.253 e. The van der Waals surface area contributed by atoms with Gasteiger partial charge in [-0.25, -0.2) is 4.98 Å². The average molecular weight is 301 g/mol. The van der Waals surface area contributed by atoms with Gasteiger partial charge in [-0.2, -0.15) is 0 Å². The van der Waals surface area contributed by atoms with Crippen LogP contribution in [0.4, 0.5) is 0 Å². The standard InChI is InChI=1S/C16H19N3O3/c1-12-3-5-14(6-4-12)22-8-7-17-15(20)10-19-11-18-13(2)9-16(19)21/h3-6,9,11H,7-8,10H2,1-2H3,(H,17,20). The quantitative estimate of drug-likeness (QED) is 0.810. The minimum absolute atomic E-state index is 0.0450. The maximum absolute atomic E-state index is 11.8. The first kappa shape index (κ1) is 15.8. The zero-order valence-electron chi connectivity index (χ0n) is 12.7. The van der Waals surface area contributed by atoms with Crippen LogP contribution in [0.3, 0.4) is 0 Å². The van der Waals surface area contributed by atoms with Gasteiger partial charge in [0.1, 0.15) is 18.9 Å². The summed E-state index contributed by atoms with van der Waals surface area (Å²) in [6.45, 7) is 4.44. The topological polar surface area (TPSA) is 73.2 Å². The average Bonchev–Trinajstić information content (AvgIpc) is 2.48. The molecule has 0 aliphatic carbocycles. The number of nitrogens with one attached hydrogen (secondary N) is 1. The maximum atomic E-state index is 11.8. The summed E-state index contributed by atoms with van der Waals surface area (Å²) in [5.74, 6) is 0.513. The monoisotopic (exact) mass is 301 g/mol. The van der Waals surface area contributed by atoms with Crippen LogP contribution < -0.4 is 15.6 Å². The number of benzene rings is 1. The van der Waals surface area contributed by atoms with Crippen molar-refractivity contribution in [2.45, 2.75) is 20.4 Å². The highest BCUT2D eigenvalue weighted by atomic mass is 16.5. The van der Waals surface area contributed by atoms with Gasteiger partial charge in [-0.05, 0) is 26.0 Å². The lowest BCUT2D eigenvalue weighted by molar-refractivity contribution is -0.121. The van der Waals surface area contributed by atoms with E-state index in [1.54, 1.807) is 6.92 Å². The number of carbonyl (C=O) groups excluding carboxylic acids is 1. The minimum Gasteiger partial charge on any atom is -0.492 e.